The van der Waals surface area contributed by atoms with Gasteiger partial charge in [-0.3, -0.25) is 4.79 Å². The van der Waals surface area contributed by atoms with Crippen LogP contribution in [0.5, 0.6) is 5.75 Å². The molecule has 1 fully saturated rings. The Labute approximate surface area is 154 Å². The molecule has 6 nitrogen and oxygen atoms in total. The van der Waals surface area contributed by atoms with Gasteiger partial charge in [-0.2, -0.15) is 0 Å². The molecule has 0 saturated carbocycles. The number of aryl methyl sites for hydroxylation is 2. The number of rotatable bonds is 4. The Morgan fingerprint density at radius 2 is 2.08 bits per heavy atom. The first kappa shape index (κ1) is 18.2. The number of benzene rings is 1. The SMILES string of the molecule is COc1ccc(C)cc1NC(=O)c1cc(N2CCCC(C)C2)nc(C)n1. The molecule has 1 saturated heterocycles. The number of hydrogen-bond acceptors (Lipinski definition) is 5. The van der Waals surface area contributed by atoms with Crippen LogP contribution in [0.15, 0.2) is 24.3 Å². The minimum absolute atomic E-state index is 0.259. The summed E-state index contributed by atoms with van der Waals surface area (Å²) >= 11 is 0. The number of piperidine rings is 1. The molecule has 1 aromatic carbocycles. The minimum Gasteiger partial charge on any atom is -0.495 e. The van der Waals surface area contributed by atoms with E-state index in [1.54, 1.807) is 13.2 Å². The van der Waals surface area contributed by atoms with Gasteiger partial charge in [-0.05, 0) is 50.3 Å². The fourth-order valence-electron chi connectivity index (χ4n) is 3.33. The predicted octanol–water partition coefficient (Wildman–Crippen LogP) is 3.59. The number of carbonyl (C=O) groups is 1. The summed E-state index contributed by atoms with van der Waals surface area (Å²) in [6.45, 7) is 7.97. The number of nitrogens with zero attached hydrogens (tertiary/aromatic N) is 3. The molecule has 138 valence electrons. The number of amides is 1. The molecule has 26 heavy (non-hydrogen) atoms. The van der Waals surface area contributed by atoms with E-state index in [0.717, 1.165) is 30.9 Å². The summed E-state index contributed by atoms with van der Waals surface area (Å²) in [7, 11) is 1.59. The highest BCUT2D eigenvalue weighted by Gasteiger charge is 2.20. The van der Waals surface area contributed by atoms with Crippen molar-refractivity contribution in [1.29, 1.82) is 0 Å². The molecule has 0 spiro atoms. The van der Waals surface area contributed by atoms with Crippen LogP contribution in [0.4, 0.5) is 11.5 Å². The van der Waals surface area contributed by atoms with Gasteiger partial charge >= 0.3 is 0 Å². The van der Waals surface area contributed by atoms with Crippen molar-refractivity contribution in [2.45, 2.75) is 33.6 Å². The fraction of sp³-hybridized carbons (Fsp3) is 0.450. The molecule has 1 N–H and O–H groups in total. The largest absolute Gasteiger partial charge is 0.495 e. The van der Waals surface area contributed by atoms with Crippen molar-refractivity contribution in [3.05, 3.63) is 41.3 Å². The first-order valence-electron chi connectivity index (χ1n) is 9.03. The molecule has 1 aromatic heterocycles. The standard InChI is InChI=1S/C20H26N4O2/c1-13-7-8-18(26-4)16(10-13)23-20(25)17-11-19(22-15(3)21-17)24-9-5-6-14(2)12-24/h7-8,10-11,14H,5-6,9,12H2,1-4H3,(H,23,25). The summed E-state index contributed by atoms with van der Waals surface area (Å²) in [5.74, 6) is 2.42. The van der Waals surface area contributed by atoms with Crippen LogP contribution < -0.4 is 15.0 Å². The summed E-state index contributed by atoms with van der Waals surface area (Å²) in [5.41, 5.74) is 2.05. The smallest absolute Gasteiger partial charge is 0.274 e. The third-order valence-corrected chi connectivity index (χ3v) is 4.64. The third-order valence-electron chi connectivity index (χ3n) is 4.64. The topological polar surface area (TPSA) is 67.3 Å². The van der Waals surface area contributed by atoms with Crippen molar-refractivity contribution in [3.8, 4) is 5.75 Å². The highest BCUT2D eigenvalue weighted by Crippen LogP contribution is 2.26. The molecule has 1 atom stereocenters. The molecule has 0 bridgehead atoms. The molecule has 3 rings (SSSR count). The number of aromatic nitrogens is 2. The van der Waals surface area contributed by atoms with Crippen LogP contribution in [0.1, 0.15) is 41.6 Å². The maximum Gasteiger partial charge on any atom is 0.274 e. The van der Waals surface area contributed by atoms with Gasteiger partial charge in [0, 0.05) is 19.2 Å². The summed E-state index contributed by atoms with van der Waals surface area (Å²) in [6.07, 6.45) is 2.38. The van der Waals surface area contributed by atoms with Gasteiger partial charge in [0.15, 0.2) is 0 Å². The molecule has 1 aliphatic heterocycles. The number of methoxy groups -OCH3 is 1. The Hall–Kier alpha value is -2.63. The number of carbonyl (C=O) groups excluding carboxylic acids is 1. The summed E-state index contributed by atoms with van der Waals surface area (Å²) in [4.78, 5) is 23.9. The number of nitrogens with one attached hydrogen (secondary N) is 1. The summed E-state index contributed by atoms with van der Waals surface area (Å²) < 4.78 is 5.34. The maximum absolute atomic E-state index is 12.8. The zero-order chi connectivity index (χ0) is 18.7. The normalized spacial score (nSPS) is 17.1. The highest BCUT2D eigenvalue weighted by atomic mass is 16.5. The molecule has 1 unspecified atom stereocenters. The number of ether oxygens (including phenoxy) is 1. The summed E-state index contributed by atoms with van der Waals surface area (Å²) in [5, 5.41) is 2.91. The predicted molar refractivity (Wildman–Crippen MR) is 103 cm³/mol. The van der Waals surface area contributed by atoms with Gasteiger partial charge in [-0.15, -0.1) is 0 Å². The Balaban J connectivity index is 1.85. The van der Waals surface area contributed by atoms with Crippen molar-refractivity contribution >= 4 is 17.4 Å². The molecular formula is C20H26N4O2. The van der Waals surface area contributed by atoms with E-state index in [4.69, 9.17) is 4.74 Å². The van der Waals surface area contributed by atoms with E-state index >= 15 is 0 Å². The molecule has 0 radical (unpaired) electrons. The number of anilines is 2. The van der Waals surface area contributed by atoms with E-state index in [0.29, 0.717) is 28.9 Å². The second-order valence-corrected chi connectivity index (χ2v) is 7.01. The van der Waals surface area contributed by atoms with Crippen molar-refractivity contribution in [3.63, 3.8) is 0 Å². The second-order valence-electron chi connectivity index (χ2n) is 7.01. The molecule has 6 heteroatoms. The van der Waals surface area contributed by atoms with Crippen LogP contribution in [0, 0.1) is 19.8 Å². The van der Waals surface area contributed by atoms with Crippen LogP contribution >= 0.6 is 0 Å². The van der Waals surface area contributed by atoms with E-state index in [-0.39, 0.29) is 5.91 Å². The van der Waals surface area contributed by atoms with Gasteiger partial charge < -0.3 is 15.0 Å². The monoisotopic (exact) mass is 354 g/mol. The van der Waals surface area contributed by atoms with Crippen molar-refractivity contribution in [2.75, 3.05) is 30.4 Å². The van der Waals surface area contributed by atoms with Crippen molar-refractivity contribution in [2.24, 2.45) is 5.92 Å². The van der Waals surface area contributed by atoms with Crippen LogP contribution in [0.2, 0.25) is 0 Å². The Morgan fingerprint density at radius 1 is 1.27 bits per heavy atom. The van der Waals surface area contributed by atoms with Gasteiger partial charge in [0.05, 0.1) is 12.8 Å². The van der Waals surface area contributed by atoms with E-state index in [2.05, 4.69) is 27.1 Å². The maximum atomic E-state index is 12.8. The quantitative estimate of drug-likeness (QED) is 0.909. The Bertz CT molecular complexity index is 806. The Morgan fingerprint density at radius 3 is 2.81 bits per heavy atom. The van der Waals surface area contributed by atoms with Gasteiger partial charge in [0.1, 0.15) is 23.1 Å². The lowest BCUT2D eigenvalue weighted by Crippen LogP contribution is -2.35. The van der Waals surface area contributed by atoms with Gasteiger partial charge in [0.2, 0.25) is 0 Å². The van der Waals surface area contributed by atoms with Gasteiger partial charge in [0.25, 0.3) is 5.91 Å². The van der Waals surface area contributed by atoms with Crippen LogP contribution in [0.3, 0.4) is 0 Å². The zero-order valence-electron chi connectivity index (χ0n) is 15.9. The molecule has 0 aliphatic carbocycles. The van der Waals surface area contributed by atoms with Crippen LogP contribution in [0.25, 0.3) is 0 Å². The van der Waals surface area contributed by atoms with Crippen LogP contribution in [-0.2, 0) is 0 Å². The third kappa shape index (κ3) is 4.12. The zero-order valence-corrected chi connectivity index (χ0v) is 15.9. The lowest BCUT2D eigenvalue weighted by atomic mass is 10.0. The van der Waals surface area contributed by atoms with Crippen LogP contribution in [-0.4, -0.2) is 36.1 Å². The second kappa shape index (κ2) is 7.72. The molecule has 2 aromatic rings. The average molecular weight is 354 g/mol. The lowest BCUT2D eigenvalue weighted by Gasteiger charge is -2.32. The Kier molecular flexibility index (Phi) is 5.40. The molecule has 1 aliphatic rings. The minimum atomic E-state index is -0.259. The number of hydrogen-bond donors (Lipinski definition) is 1. The first-order chi connectivity index (χ1) is 12.5. The highest BCUT2D eigenvalue weighted by molar-refractivity contribution is 6.04. The van der Waals surface area contributed by atoms with Crippen molar-refractivity contribution < 1.29 is 9.53 Å². The first-order valence-corrected chi connectivity index (χ1v) is 9.03. The molecular weight excluding hydrogens is 328 g/mol. The van der Waals surface area contributed by atoms with Gasteiger partial charge in [-0.1, -0.05) is 13.0 Å². The van der Waals surface area contributed by atoms with E-state index in [9.17, 15) is 4.79 Å². The molecule has 2 heterocycles. The van der Waals surface area contributed by atoms with E-state index in [1.165, 1.54) is 6.42 Å². The summed E-state index contributed by atoms with van der Waals surface area (Å²) in [6, 6.07) is 7.45. The van der Waals surface area contributed by atoms with E-state index < -0.39 is 0 Å². The fourth-order valence-corrected chi connectivity index (χ4v) is 3.33. The molecule has 1 amide bonds. The average Bonchev–Trinajstić information content (AvgIpc) is 2.61. The van der Waals surface area contributed by atoms with Crippen molar-refractivity contribution in [1.82, 2.24) is 9.97 Å². The van der Waals surface area contributed by atoms with E-state index in [1.807, 2.05) is 32.0 Å². The van der Waals surface area contributed by atoms with Gasteiger partial charge in [-0.25, -0.2) is 9.97 Å². The lowest BCUT2D eigenvalue weighted by molar-refractivity contribution is 0.102.